The summed E-state index contributed by atoms with van der Waals surface area (Å²) in [6.45, 7) is 0. The van der Waals surface area contributed by atoms with E-state index in [4.69, 9.17) is 5.73 Å². The van der Waals surface area contributed by atoms with Crippen LogP contribution >= 0.6 is 27.7 Å². The van der Waals surface area contributed by atoms with Crippen molar-refractivity contribution in [1.82, 2.24) is 10.1 Å². The Morgan fingerprint density at radius 1 is 1.47 bits per heavy atom. The second-order valence-electron chi connectivity index (χ2n) is 2.79. The molecule has 1 aromatic heterocycles. The van der Waals surface area contributed by atoms with Crippen molar-refractivity contribution in [2.24, 2.45) is 0 Å². The van der Waals surface area contributed by atoms with E-state index in [0.29, 0.717) is 11.6 Å². The average molecular weight is 286 g/mol. The third kappa shape index (κ3) is 2.97. The molecule has 0 saturated heterocycles. The van der Waals surface area contributed by atoms with E-state index < -0.39 is 0 Å². The van der Waals surface area contributed by atoms with Crippen LogP contribution in [0.15, 0.2) is 38.2 Å². The maximum atomic E-state index is 5.31. The van der Waals surface area contributed by atoms with E-state index in [2.05, 4.69) is 30.6 Å². The van der Waals surface area contributed by atoms with E-state index in [-0.39, 0.29) is 6.01 Å². The van der Waals surface area contributed by atoms with Crippen LogP contribution in [-0.2, 0) is 5.75 Å². The van der Waals surface area contributed by atoms with Gasteiger partial charge in [-0.2, -0.15) is 4.98 Å². The Morgan fingerprint density at radius 2 is 2.33 bits per heavy atom. The first-order chi connectivity index (χ1) is 7.24. The highest BCUT2D eigenvalue weighted by Crippen LogP contribution is 2.24. The van der Waals surface area contributed by atoms with Gasteiger partial charge in [-0.1, -0.05) is 27.2 Å². The molecule has 4 nitrogen and oxygen atoms in total. The summed E-state index contributed by atoms with van der Waals surface area (Å²) in [5, 5.41) is 3.71. The third-order valence-corrected chi connectivity index (χ3v) is 3.13. The molecule has 0 aliphatic carbocycles. The van der Waals surface area contributed by atoms with Crippen LogP contribution < -0.4 is 5.73 Å². The molecule has 0 fully saturated rings. The highest BCUT2D eigenvalue weighted by molar-refractivity contribution is 9.10. The van der Waals surface area contributed by atoms with Crippen LogP contribution in [-0.4, -0.2) is 10.1 Å². The van der Waals surface area contributed by atoms with Crippen molar-refractivity contribution in [2.45, 2.75) is 10.6 Å². The van der Waals surface area contributed by atoms with E-state index in [9.17, 15) is 0 Å². The van der Waals surface area contributed by atoms with Crippen LogP contribution in [0.4, 0.5) is 6.01 Å². The molecule has 78 valence electrons. The summed E-state index contributed by atoms with van der Waals surface area (Å²) >= 11 is 5.04. The lowest BCUT2D eigenvalue weighted by Crippen LogP contribution is -1.86. The number of anilines is 1. The number of nitrogen functional groups attached to an aromatic ring is 1. The van der Waals surface area contributed by atoms with Gasteiger partial charge < -0.3 is 10.3 Å². The standard InChI is InChI=1S/C9H8BrN3OS/c10-6-2-1-3-7(4-6)15-5-8-12-9(11)14-13-8/h1-4H,5H2,(H2,11,12,13). The molecule has 0 unspecified atom stereocenters. The molecule has 15 heavy (non-hydrogen) atoms. The maximum Gasteiger partial charge on any atom is 0.318 e. The lowest BCUT2D eigenvalue weighted by molar-refractivity contribution is 0.429. The van der Waals surface area contributed by atoms with Crippen LogP contribution in [0.3, 0.4) is 0 Å². The summed E-state index contributed by atoms with van der Waals surface area (Å²) in [6.07, 6.45) is 0. The normalized spacial score (nSPS) is 10.5. The average Bonchev–Trinajstić information content (AvgIpc) is 2.62. The number of hydrogen-bond acceptors (Lipinski definition) is 5. The van der Waals surface area contributed by atoms with Crippen LogP contribution in [0.1, 0.15) is 5.82 Å². The Labute approximate surface area is 99.4 Å². The highest BCUT2D eigenvalue weighted by atomic mass is 79.9. The third-order valence-electron chi connectivity index (χ3n) is 1.65. The molecule has 0 saturated carbocycles. The van der Waals surface area contributed by atoms with E-state index in [1.165, 1.54) is 0 Å². The fourth-order valence-electron chi connectivity index (χ4n) is 1.03. The predicted molar refractivity (Wildman–Crippen MR) is 62.4 cm³/mol. The van der Waals surface area contributed by atoms with E-state index in [0.717, 1.165) is 9.37 Å². The molecule has 0 aliphatic rings. The highest BCUT2D eigenvalue weighted by Gasteiger charge is 2.03. The second kappa shape index (κ2) is 4.67. The minimum Gasteiger partial charge on any atom is -0.351 e. The quantitative estimate of drug-likeness (QED) is 0.879. The van der Waals surface area contributed by atoms with Gasteiger partial charge in [0.25, 0.3) is 0 Å². The smallest absolute Gasteiger partial charge is 0.318 e. The van der Waals surface area contributed by atoms with Crippen molar-refractivity contribution in [3.05, 3.63) is 34.6 Å². The number of aromatic nitrogens is 2. The van der Waals surface area contributed by atoms with E-state index in [1.54, 1.807) is 11.8 Å². The van der Waals surface area contributed by atoms with Crippen molar-refractivity contribution in [2.75, 3.05) is 5.73 Å². The number of rotatable bonds is 3. The Bertz CT molecular complexity index is 460. The van der Waals surface area contributed by atoms with Gasteiger partial charge in [0.2, 0.25) is 0 Å². The summed E-state index contributed by atoms with van der Waals surface area (Å²) in [5.74, 6) is 1.26. The second-order valence-corrected chi connectivity index (χ2v) is 4.76. The van der Waals surface area contributed by atoms with Crippen LogP contribution in [0.5, 0.6) is 0 Å². The zero-order chi connectivity index (χ0) is 10.7. The molecular weight excluding hydrogens is 278 g/mol. The Balaban J connectivity index is 1.99. The molecule has 0 radical (unpaired) electrons. The molecule has 0 amide bonds. The zero-order valence-electron chi connectivity index (χ0n) is 7.68. The molecular formula is C9H8BrN3OS. The number of benzene rings is 1. The maximum absolute atomic E-state index is 5.31. The summed E-state index contributed by atoms with van der Waals surface area (Å²) in [4.78, 5) is 5.06. The monoisotopic (exact) mass is 285 g/mol. The SMILES string of the molecule is Nc1nc(CSc2cccc(Br)c2)no1. The van der Waals surface area contributed by atoms with E-state index in [1.807, 2.05) is 24.3 Å². The molecule has 0 aliphatic heterocycles. The van der Waals surface area contributed by atoms with Crippen LogP contribution in [0.2, 0.25) is 0 Å². The van der Waals surface area contributed by atoms with Crippen molar-refractivity contribution in [3.63, 3.8) is 0 Å². The molecule has 2 N–H and O–H groups in total. The Kier molecular flexibility index (Phi) is 3.27. The minimum atomic E-state index is 0.111. The molecule has 1 heterocycles. The van der Waals surface area contributed by atoms with Gasteiger partial charge in [-0.15, -0.1) is 11.8 Å². The lowest BCUT2D eigenvalue weighted by Gasteiger charge is -1.98. The molecule has 1 aromatic carbocycles. The van der Waals surface area contributed by atoms with Gasteiger partial charge in [0.1, 0.15) is 0 Å². The minimum absolute atomic E-state index is 0.111. The number of hydrogen-bond donors (Lipinski definition) is 1. The number of nitrogens with zero attached hydrogens (tertiary/aromatic N) is 2. The predicted octanol–water partition coefficient (Wildman–Crippen LogP) is 2.71. The fourth-order valence-corrected chi connectivity index (χ4v) is 2.38. The Morgan fingerprint density at radius 3 is 3.00 bits per heavy atom. The molecule has 2 rings (SSSR count). The molecule has 0 atom stereocenters. The fraction of sp³-hybridized carbons (Fsp3) is 0.111. The zero-order valence-corrected chi connectivity index (χ0v) is 10.1. The van der Waals surface area contributed by atoms with Crippen LogP contribution in [0, 0.1) is 0 Å². The van der Waals surface area contributed by atoms with Gasteiger partial charge in [-0.25, -0.2) is 0 Å². The number of nitrogens with two attached hydrogens (primary N) is 1. The van der Waals surface area contributed by atoms with Gasteiger partial charge in [-0.05, 0) is 18.2 Å². The van der Waals surface area contributed by atoms with Gasteiger partial charge >= 0.3 is 6.01 Å². The van der Waals surface area contributed by atoms with Gasteiger partial charge in [0, 0.05) is 9.37 Å². The van der Waals surface area contributed by atoms with Crippen LogP contribution in [0.25, 0.3) is 0 Å². The van der Waals surface area contributed by atoms with Crippen molar-refractivity contribution < 1.29 is 4.52 Å². The molecule has 0 spiro atoms. The largest absolute Gasteiger partial charge is 0.351 e. The number of halogens is 1. The molecule has 2 aromatic rings. The van der Waals surface area contributed by atoms with E-state index >= 15 is 0 Å². The first kappa shape index (κ1) is 10.5. The summed E-state index contributed by atoms with van der Waals surface area (Å²) in [6, 6.07) is 8.14. The summed E-state index contributed by atoms with van der Waals surface area (Å²) in [5.41, 5.74) is 5.31. The van der Waals surface area contributed by atoms with Crippen molar-refractivity contribution >= 4 is 33.7 Å². The van der Waals surface area contributed by atoms with Crippen molar-refractivity contribution in [1.29, 1.82) is 0 Å². The molecule has 6 heteroatoms. The van der Waals surface area contributed by atoms with Gasteiger partial charge in [-0.3, -0.25) is 0 Å². The summed E-state index contributed by atoms with van der Waals surface area (Å²) < 4.78 is 5.73. The first-order valence-electron chi connectivity index (χ1n) is 4.20. The molecule has 0 bridgehead atoms. The Hall–Kier alpha value is -1.01. The topological polar surface area (TPSA) is 64.9 Å². The van der Waals surface area contributed by atoms with Gasteiger partial charge in [0.05, 0.1) is 5.75 Å². The first-order valence-corrected chi connectivity index (χ1v) is 5.98. The summed E-state index contributed by atoms with van der Waals surface area (Å²) in [7, 11) is 0. The van der Waals surface area contributed by atoms with Crippen molar-refractivity contribution in [3.8, 4) is 0 Å². The lowest BCUT2D eigenvalue weighted by atomic mass is 10.4. The van der Waals surface area contributed by atoms with Gasteiger partial charge in [0.15, 0.2) is 5.82 Å². The number of thioether (sulfide) groups is 1.